The molecule has 0 radical (unpaired) electrons. The summed E-state index contributed by atoms with van der Waals surface area (Å²) in [7, 11) is 0. The van der Waals surface area contributed by atoms with Crippen LogP contribution in [0.1, 0.15) is 5.56 Å². The standard InChI is InChI=1S/C10H9NO4/c12-7-15-6-9(10(13)11-14)8-4-2-1-3-5-8/h1-7,14H,(H,11,13)/b9-6-. The van der Waals surface area contributed by atoms with Crippen LogP contribution in [-0.2, 0) is 14.3 Å². The summed E-state index contributed by atoms with van der Waals surface area (Å²) >= 11 is 0. The fourth-order valence-electron chi connectivity index (χ4n) is 1.03. The zero-order valence-corrected chi connectivity index (χ0v) is 7.71. The van der Waals surface area contributed by atoms with Crippen LogP contribution in [0.15, 0.2) is 36.6 Å². The number of rotatable bonds is 4. The van der Waals surface area contributed by atoms with Crippen LogP contribution in [0.2, 0.25) is 0 Å². The Hall–Kier alpha value is -2.14. The van der Waals surface area contributed by atoms with Gasteiger partial charge in [0.05, 0.1) is 5.57 Å². The van der Waals surface area contributed by atoms with Gasteiger partial charge in [0.15, 0.2) is 0 Å². The van der Waals surface area contributed by atoms with Crippen molar-refractivity contribution in [1.29, 1.82) is 0 Å². The number of hydroxylamine groups is 1. The smallest absolute Gasteiger partial charge is 0.297 e. The van der Waals surface area contributed by atoms with E-state index in [2.05, 4.69) is 4.74 Å². The summed E-state index contributed by atoms with van der Waals surface area (Å²) in [6.07, 6.45) is 0.966. The van der Waals surface area contributed by atoms with E-state index < -0.39 is 5.91 Å². The summed E-state index contributed by atoms with van der Waals surface area (Å²) in [6.45, 7) is 0.188. The van der Waals surface area contributed by atoms with Gasteiger partial charge in [0, 0.05) is 0 Å². The number of amides is 1. The van der Waals surface area contributed by atoms with Crippen molar-refractivity contribution in [3.8, 4) is 0 Å². The Labute approximate surface area is 85.9 Å². The Kier molecular flexibility index (Phi) is 4.05. The fourth-order valence-corrected chi connectivity index (χ4v) is 1.03. The van der Waals surface area contributed by atoms with Crippen LogP contribution in [0.5, 0.6) is 0 Å². The van der Waals surface area contributed by atoms with Crippen molar-refractivity contribution in [2.75, 3.05) is 0 Å². The molecular formula is C10H9NO4. The highest BCUT2D eigenvalue weighted by molar-refractivity contribution is 6.18. The number of carbonyl (C=O) groups excluding carboxylic acids is 2. The van der Waals surface area contributed by atoms with E-state index >= 15 is 0 Å². The SMILES string of the molecule is O=CO/C=C(\C(=O)NO)c1ccccc1. The van der Waals surface area contributed by atoms with Crippen molar-refractivity contribution in [2.45, 2.75) is 0 Å². The highest BCUT2D eigenvalue weighted by atomic mass is 16.5. The van der Waals surface area contributed by atoms with E-state index in [1.807, 2.05) is 0 Å². The molecule has 2 N–H and O–H groups in total. The summed E-state index contributed by atoms with van der Waals surface area (Å²) in [5.74, 6) is -0.747. The molecule has 0 bridgehead atoms. The molecule has 0 atom stereocenters. The third kappa shape index (κ3) is 2.92. The van der Waals surface area contributed by atoms with Crippen molar-refractivity contribution in [3.05, 3.63) is 42.2 Å². The number of benzene rings is 1. The minimum Gasteiger partial charge on any atom is -0.436 e. The maximum Gasteiger partial charge on any atom is 0.297 e. The van der Waals surface area contributed by atoms with E-state index in [1.54, 1.807) is 30.3 Å². The first-order chi connectivity index (χ1) is 7.29. The zero-order valence-electron chi connectivity index (χ0n) is 7.71. The van der Waals surface area contributed by atoms with Gasteiger partial charge < -0.3 is 4.74 Å². The molecule has 0 fully saturated rings. The van der Waals surface area contributed by atoms with Gasteiger partial charge >= 0.3 is 0 Å². The van der Waals surface area contributed by atoms with Gasteiger partial charge in [-0.05, 0) is 5.56 Å². The van der Waals surface area contributed by atoms with Gasteiger partial charge in [-0.15, -0.1) is 0 Å². The number of hydrogen-bond acceptors (Lipinski definition) is 4. The molecule has 0 spiro atoms. The van der Waals surface area contributed by atoms with Crippen molar-refractivity contribution < 1.29 is 19.5 Å². The van der Waals surface area contributed by atoms with Gasteiger partial charge in [0.2, 0.25) is 0 Å². The molecule has 0 aliphatic carbocycles. The molecule has 0 aromatic heterocycles. The summed E-state index contributed by atoms with van der Waals surface area (Å²) < 4.78 is 4.36. The summed E-state index contributed by atoms with van der Waals surface area (Å²) in [5.41, 5.74) is 2.06. The molecule has 0 aliphatic heterocycles. The minimum atomic E-state index is -0.747. The van der Waals surface area contributed by atoms with E-state index in [0.29, 0.717) is 5.56 Å². The lowest BCUT2D eigenvalue weighted by atomic mass is 10.1. The second kappa shape index (κ2) is 5.56. The van der Waals surface area contributed by atoms with Crippen LogP contribution in [0, 0.1) is 0 Å². The molecule has 5 nitrogen and oxygen atoms in total. The second-order valence-electron chi connectivity index (χ2n) is 2.57. The lowest BCUT2D eigenvalue weighted by Crippen LogP contribution is -2.20. The number of hydrogen-bond donors (Lipinski definition) is 2. The number of nitrogens with one attached hydrogen (secondary N) is 1. The first-order valence-corrected chi connectivity index (χ1v) is 4.08. The normalized spacial score (nSPS) is 10.6. The quantitative estimate of drug-likeness (QED) is 0.250. The average Bonchev–Trinajstić information content (AvgIpc) is 2.30. The molecule has 0 aliphatic rings. The minimum absolute atomic E-state index is 0.0604. The van der Waals surface area contributed by atoms with Crippen LogP contribution >= 0.6 is 0 Å². The lowest BCUT2D eigenvalue weighted by molar-refractivity contribution is -0.124. The molecule has 1 amide bonds. The lowest BCUT2D eigenvalue weighted by Gasteiger charge is -2.03. The van der Waals surface area contributed by atoms with Crippen LogP contribution in [0.3, 0.4) is 0 Å². The summed E-state index contributed by atoms with van der Waals surface area (Å²) in [5, 5.41) is 8.48. The Balaban J connectivity index is 3.01. The molecule has 0 unspecified atom stereocenters. The largest absolute Gasteiger partial charge is 0.436 e. The molecule has 15 heavy (non-hydrogen) atoms. The van der Waals surface area contributed by atoms with Crippen LogP contribution < -0.4 is 5.48 Å². The summed E-state index contributed by atoms with van der Waals surface area (Å²) in [4.78, 5) is 21.2. The Morgan fingerprint density at radius 2 is 2.00 bits per heavy atom. The maximum absolute atomic E-state index is 11.2. The van der Waals surface area contributed by atoms with Crippen molar-refractivity contribution in [2.24, 2.45) is 0 Å². The Morgan fingerprint density at radius 3 is 2.53 bits per heavy atom. The van der Waals surface area contributed by atoms with Crippen LogP contribution in [-0.4, -0.2) is 17.6 Å². The van der Waals surface area contributed by atoms with Crippen molar-refractivity contribution in [3.63, 3.8) is 0 Å². The molecular weight excluding hydrogens is 198 g/mol. The van der Waals surface area contributed by atoms with E-state index in [9.17, 15) is 9.59 Å². The van der Waals surface area contributed by atoms with Gasteiger partial charge in [-0.3, -0.25) is 14.8 Å². The number of ether oxygens (including phenoxy) is 1. The molecule has 78 valence electrons. The first kappa shape index (κ1) is 10.9. The highest BCUT2D eigenvalue weighted by Crippen LogP contribution is 2.13. The van der Waals surface area contributed by atoms with Crippen LogP contribution in [0.4, 0.5) is 0 Å². The third-order valence-corrected chi connectivity index (χ3v) is 1.67. The van der Waals surface area contributed by atoms with E-state index in [0.717, 1.165) is 6.26 Å². The van der Waals surface area contributed by atoms with Crippen molar-refractivity contribution >= 4 is 18.0 Å². The molecule has 5 heteroatoms. The monoisotopic (exact) mass is 207 g/mol. The average molecular weight is 207 g/mol. The van der Waals surface area contributed by atoms with E-state index in [4.69, 9.17) is 5.21 Å². The predicted octanol–water partition coefficient (Wildman–Crippen LogP) is 0.706. The van der Waals surface area contributed by atoms with Gasteiger partial charge in [-0.25, -0.2) is 5.48 Å². The molecule has 1 aromatic carbocycles. The van der Waals surface area contributed by atoms with Gasteiger partial charge in [0.1, 0.15) is 6.26 Å². The molecule has 0 saturated carbocycles. The van der Waals surface area contributed by atoms with E-state index in [1.165, 1.54) is 5.48 Å². The van der Waals surface area contributed by atoms with Crippen molar-refractivity contribution in [1.82, 2.24) is 5.48 Å². The fraction of sp³-hybridized carbons (Fsp3) is 0. The zero-order chi connectivity index (χ0) is 11.1. The van der Waals surface area contributed by atoms with Crippen LogP contribution in [0.25, 0.3) is 5.57 Å². The van der Waals surface area contributed by atoms with Gasteiger partial charge in [-0.1, -0.05) is 30.3 Å². The Bertz CT molecular complexity index is 372. The summed E-state index contributed by atoms with van der Waals surface area (Å²) in [6, 6.07) is 8.51. The molecule has 1 rings (SSSR count). The Morgan fingerprint density at radius 1 is 1.33 bits per heavy atom. The van der Waals surface area contributed by atoms with Gasteiger partial charge in [0.25, 0.3) is 12.4 Å². The van der Waals surface area contributed by atoms with Gasteiger partial charge in [-0.2, -0.15) is 0 Å². The third-order valence-electron chi connectivity index (χ3n) is 1.67. The predicted molar refractivity (Wildman–Crippen MR) is 51.5 cm³/mol. The molecule has 0 heterocycles. The maximum atomic E-state index is 11.2. The number of carbonyl (C=O) groups is 2. The molecule has 0 saturated heterocycles. The second-order valence-corrected chi connectivity index (χ2v) is 2.57. The topological polar surface area (TPSA) is 75.6 Å². The van der Waals surface area contributed by atoms with E-state index in [-0.39, 0.29) is 12.0 Å². The molecule has 1 aromatic rings. The highest BCUT2D eigenvalue weighted by Gasteiger charge is 2.10. The first-order valence-electron chi connectivity index (χ1n) is 4.08.